The minimum Gasteiger partial charge on any atom is -0.454 e. The van der Waals surface area contributed by atoms with E-state index in [0.717, 1.165) is 16.6 Å². The van der Waals surface area contributed by atoms with E-state index in [9.17, 15) is 4.79 Å². The Bertz CT molecular complexity index is 1010. The predicted molar refractivity (Wildman–Crippen MR) is 107 cm³/mol. The van der Waals surface area contributed by atoms with E-state index in [-0.39, 0.29) is 18.0 Å². The third kappa shape index (κ3) is 3.31. The molecule has 1 aliphatic heterocycles. The Morgan fingerprint density at radius 2 is 2.11 bits per heavy atom. The molecular formula is C20H20N2O3S2. The van der Waals surface area contributed by atoms with Crippen molar-refractivity contribution in [3.8, 4) is 0 Å². The summed E-state index contributed by atoms with van der Waals surface area (Å²) in [5, 5.41) is 0. The van der Waals surface area contributed by atoms with Gasteiger partial charge in [0.2, 0.25) is 0 Å². The lowest BCUT2D eigenvalue weighted by Gasteiger charge is -2.24. The van der Waals surface area contributed by atoms with E-state index in [4.69, 9.17) is 21.7 Å². The van der Waals surface area contributed by atoms with Crippen LogP contribution in [0, 0.1) is 10.6 Å². The molecule has 0 bridgehead atoms. The first-order valence-corrected chi connectivity index (χ1v) is 10.2. The number of carbonyl (C=O) groups is 1. The van der Waals surface area contributed by atoms with Crippen molar-refractivity contribution in [2.75, 3.05) is 0 Å². The maximum absolute atomic E-state index is 12.7. The third-order valence-electron chi connectivity index (χ3n) is 5.05. The number of thiazole rings is 1. The zero-order chi connectivity index (χ0) is 19.0. The SMILES string of the molecule is CC[C@H]1O[C@@H](n2ccc3ncsc3c2=S)[C@@H](OC(=O)c2ccccc2)C1C. The van der Waals surface area contributed by atoms with E-state index < -0.39 is 12.3 Å². The van der Waals surface area contributed by atoms with Crippen molar-refractivity contribution < 1.29 is 14.3 Å². The molecule has 1 saturated heterocycles. The maximum atomic E-state index is 12.7. The van der Waals surface area contributed by atoms with Gasteiger partial charge in [-0.2, -0.15) is 0 Å². The molecule has 5 nitrogen and oxygen atoms in total. The lowest BCUT2D eigenvalue weighted by atomic mass is 9.98. The van der Waals surface area contributed by atoms with E-state index in [1.54, 1.807) is 17.6 Å². The molecule has 27 heavy (non-hydrogen) atoms. The van der Waals surface area contributed by atoms with Gasteiger partial charge in [0, 0.05) is 12.1 Å². The largest absolute Gasteiger partial charge is 0.454 e. The van der Waals surface area contributed by atoms with Crippen LogP contribution in [0.25, 0.3) is 10.2 Å². The molecule has 4 atom stereocenters. The molecule has 0 spiro atoms. The maximum Gasteiger partial charge on any atom is 0.338 e. The summed E-state index contributed by atoms with van der Waals surface area (Å²) in [5.74, 6) is -0.282. The van der Waals surface area contributed by atoms with Gasteiger partial charge in [-0.05, 0) is 24.6 Å². The van der Waals surface area contributed by atoms with Crippen LogP contribution in [-0.2, 0) is 9.47 Å². The Hall–Kier alpha value is -2.09. The van der Waals surface area contributed by atoms with Crippen molar-refractivity contribution in [2.24, 2.45) is 5.92 Å². The summed E-state index contributed by atoms with van der Waals surface area (Å²) in [4.78, 5) is 17.0. The van der Waals surface area contributed by atoms with Crippen molar-refractivity contribution in [3.05, 3.63) is 58.3 Å². The molecule has 0 aliphatic carbocycles. The molecule has 1 aromatic carbocycles. The van der Waals surface area contributed by atoms with Crippen molar-refractivity contribution in [1.82, 2.24) is 9.55 Å². The highest BCUT2D eigenvalue weighted by Crippen LogP contribution is 2.38. The standard InChI is InChI=1S/C20H20N2O3S2/c1-3-15-12(2)16(25-20(23)13-7-5-4-6-8-13)18(24-15)22-10-9-14-17(19(22)26)27-11-21-14/h4-12,15-16,18H,3H2,1-2H3/t12?,15-,16+,18-/m1/s1. The quantitative estimate of drug-likeness (QED) is 0.456. The number of hydrogen-bond donors (Lipinski definition) is 0. The number of aromatic nitrogens is 2. The smallest absolute Gasteiger partial charge is 0.338 e. The molecule has 3 heterocycles. The molecule has 0 amide bonds. The molecule has 2 aromatic heterocycles. The number of hydrogen-bond acceptors (Lipinski definition) is 6. The Balaban J connectivity index is 1.69. The van der Waals surface area contributed by atoms with Crippen molar-refractivity contribution in [1.29, 1.82) is 0 Å². The van der Waals surface area contributed by atoms with Crippen LogP contribution in [0.5, 0.6) is 0 Å². The first-order chi connectivity index (χ1) is 13.1. The molecule has 0 N–H and O–H groups in total. The highest BCUT2D eigenvalue weighted by molar-refractivity contribution is 7.71. The normalized spacial score (nSPS) is 25.0. The number of esters is 1. The Morgan fingerprint density at radius 3 is 2.85 bits per heavy atom. The highest BCUT2D eigenvalue weighted by atomic mass is 32.1. The fourth-order valence-corrected chi connectivity index (χ4v) is 4.68. The zero-order valence-corrected chi connectivity index (χ0v) is 16.7. The van der Waals surface area contributed by atoms with E-state index in [1.165, 1.54) is 11.3 Å². The second-order valence-electron chi connectivity index (χ2n) is 6.66. The Kier molecular flexibility index (Phi) is 5.08. The van der Waals surface area contributed by atoms with Crippen LogP contribution >= 0.6 is 23.6 Å². The highest BCUT2D eigenvalue weighted by Gasteiger charge is 2.44. The van der Waals surface area contributed by atoms with Gasteiger partial charge < -0.3 is 14.0 Å². The molecule has 7 heteroatoms. The van der Waals surface area contributed by atoms with Crippen LogP contribution in [0.1, 0.15) is 36.9 Å². The van der Waals surface area contributed by atoms with E-state index in [0.29, 0.717) is 10.2 Å². The van der Waals surface area contributed by atoms with Gasteiger partial charge in [-0.1, -0.05) is 44.3 Å². The second kappa shape index (κ2) is 7.50. The first kappa shape index (κ1) is 18.3. The topological polar surface area (TPSA) is 53.4 Å². The van der Waals surface area contributed by atoms with E-state index in [2.05, 4.69) is 18.8 Å². The summed E-state index contributed by atoms with van der Waals surface area (Å²) >= 11 is 7.18. The van der Waals surface area contributed by atoms with Gasteiger partial charge in [-0.15, -0.1) is 11.3 Å². The van der Waals surface area contributed by atoms with E-state index >= 15 is 0 Å². The fourth-order valence-electron chi connectivity index (χ4n) is 3.54. The van der Waals surface area contributed by atoms with Gasteiger partial charge in [-0.3, -0.25) is 0 Å². The summed E-state index contributed by atoms with van der Waals surface area (Å²) in [5.41, 5.74) is 3.19. The first-order valence-electron chi connectivity index (χ1n) is 8.96. The molecule has 1 fully saturated rings. The molecule has 4 rings (SSSR count). The molecule has 1 aliphatic rings. The Labute approximate surface area is 166 Å². The fraction of sp³-hybridized carbons (Fsp3) is 0.350. The van der Waals surface area contributed by atoms with Crippen LogP contribution < -0.4 is 0 Å². The minimum atomic E-state index is -0.448. The van der Waals surface area contributed by atoms with Gasteiger partial charge >= 0.3 is 5.97 Å². The number of nitrogens with zero attached hydrogens (tertiary/aromatic N) is 2. The minimum absolute atomic E-state index is 0.00244. The summed E-state index contributed by atoms with van der Waals surface area (Å²) in [6.45, 7) is 4.14. The van der Waals surface area contributed by atoms with Crippen LogP contribution in [0.3, 0.4) is 0 Å². The van der Waals surface area contributed by atoms with Crippen molar-refractivity contribution in [3.63, 3.8) is 0 Å². The van der Waals surface area contributed by atoms with Crippen LogP contribution in [0.4, 0.5) is 0 Å². The monoisotopic (exact) mass is 400 g/mol. The lowest BCUT2D eigenvalue weighted by Crippen LogP contribution is -2.30. The number of benzene rings is 1. The van der Waals surface area contributed by atoms with Crippen LogP contribution in [-0.4, -0.2) is 27.7 Å². The lowest BCUT2D eigenvalue weighted by molar-refractivity contribution is -0.0493. The predicted octanol–water partition coefficient (Wildman–Crippen LogP) is 5.00. The number of rotatable bonds is 4. The summed E-state index contributed by atoms with van der Waals surface area (Å²) in [7, 11) is 0. The van der Waals surface area contributed by atoms with Gasteiger partial charge in [-0.25, -0.2) is 9.78 Å². The summed E-state index contributed by atoms with van der Waals surface area (Å²) in [6.07, 6.45) is 1.86. The van der Waals surface area contributed by atoms with Gasteiger partial charge in [0.25, 0.3) is 0 Å². The van der Waals surface area contributed by atoms with Gasteiger partial charge in [0.15, 0.2) is 12.3 Å². The van der Waals surface area contributed by atoms with Crippen molar-refractivity contribution >= 4 is 39.7 Å². The van der Waals surface area contributed by atoms with Crippen LogP contribution in [0.15, 0.2) is 48.1 Å². The molecule has 140 valence electrons. The molecule has 3 aromatic rings. The molecule has 0 radical (unpaired) electrons. The Morgan fingerprint density at radius 1 is 1.33 bits per heavy atom. The van der Waals surface area contributed by atoms with E-state index in [1.807, 2.05) is 35.0 Å². The number of carbonyl (C=O) groups excluding carboxylic acids is 1. The average Bonchev–Trinajstić information content (AvgIpc) is 3.29. The summed E-state index contributed by atoms with van der Waals surface area (Å²) in [6, 6.07) is 11.0. The molecule has 1 unspecified atom stereocenters. The number of fused-ring (bicyclic) bond motifs is 1. The summed E-state index contributed by atoms with van der Waals surface area (Å²) < 4.78 is 15.7. The second-order valence-corrected chi connectivity index (χ2v) is 7.90. The molecular weight excluding hydrogens is 380 g/mol. The number of pyridine rings is 1. The van der Waals surface area contributed by atoms with Crippen molar-refractivity contribution in [2.45, 2.75) is 38.7 Å². The zero-order valence-electron chi connectivity index (χ0n) is 15.1. The van der Waals surface area contributed by atoms with Gasteiger partial charge in [0.1, 0.15) is 4.64 Å². The molecule has 0 saturated carbocycles. The number of ether oxygens (including phenoxy) is 2. The third-order valence-corrected chi connectivity index (χ3v) is 6.44. The average molecular weight is 401 g/mol. The van der Waals surface area contributed by atoms with Crippen LogP contribution in [0.2, 0.25) is 0 Å². The van der Waals surface area contributed by atoms with Gasteiger partial charge in [0.05, 0.1) is 27.4 Å².